The van der Waals surface area contributed by atoms with E-state index in [1.54, 1.807) is 6.20 Å². The summed E-state index contributed by atoms with van der Waals surface area (Å²) < 4.78 is 0. The average Bonchev–Trinajstić information content (AvgIpc) is 2.82. The Hall–Kier alpha value is -1.75. The van der Waals surface area contributed by atoms with E-state index in [0.717, 1.165) is 29.2 Å². The molecule has 2 rings (SSSR count). The number of nitrogens with zero attached hydrogens (tertiary/aromatic N) is 2. The molecule has 0 unspecified atom stereocenters. The summed E-state index contributed by atoms with van der Waals surface area (Å²) in [7, 11) is 0. The predicted molar refractivity (Wildman–Crippen MR) is 77.3 cm³/mol. The maximum Gasteiger partial charge on any atom is 0.263 e. The Balaban J connectivity index is 2.15. The van der Waals surface area contributed by atoms with Crippen LogP contribution in [-0.4, -0.2) is 22.4 Å². The largest absolute Gasteiger partial charge is 0.351 e. The number of unbranched alkanes of at least 4 members (excludes halogenated alkanes) is 1. The van der Waals surface area contributed by atoms with Gasteiger partial charge in [0.15, 0.2) is 0 Å². The summed E-state index contributed by atoms with van der Waals surface area (Å²) in [5, 5.41) is 3.71. The van der Waals surface area contributed by atoms with Crippen LogP contribution in [-0.2, 0) is 0 Å². The molecule has 0 bridgehead atoms. The fourth-order valence-electron chi connectivity index (χ4n) is 1.66. The summed E-state index contributed by atoms with van der Waals surface area (Å²) in [5.41, 5.74) is 1.57. The van der Waals surface area contributed by atoms with Gasteiger partial charge in [-0.25, -0.2) is 4.98 Å². The Labute approximate surface area is 116 Å². The lowest BCUT2D eigenvalue weighted by Gasteiger charge is -2.01. The van der Waals surface area contributed by atoms with Crippen LogP contribution in [0.25, 0.3) is 10.7 Å². The summed E-state index contributed by atoms with van der Waals surface area (Å²) in [6.45, 7) is 4.67. The van der Waals surface area contributed by atoms with Crippen molar-refractivity contribution in [3.05, 3.63) is 35.0 Å². The number of pyridine rings is 1. The molecule has 0 radical (unpaired) electrons. The van der Waals surface area contributed by atoms with Crippen LogP contribution in [0.15, 0.2) is 24.4 Å². The maximum absolute atomic E-state index is 12.0. The highest BCUT2D eigenvalue weighted by Crippen LogP contribution is 2.26. The first-order valence-corrected chi connectivity index (χ1v) is 7.21. The van der Waals surface area contributed by atoms with Gasteiger partial charge in [-0.15, -0.1) is 11.3 Å². The standard InChI is InChI=1S/C14H17N3OS/c1-3-4-8-16-13(18)12-10(2)17-14(19-12)11-7-5-6-9-15-11/h5-7,9H,3-4,8H2,1-2H3,(H,16,18). The van der Waals surface area contributed by atoms with Gasteiger partial charge in [0, 0.05) is 12.7 Å². The van der Waals surface area contributed by atoms with E-state index in [1.807, 2.05) is 25.1 Å². The van der Waals surface area contributed by atoms with Gasteiger partial charge in [-0.1, -0.05) is 19.4 Å². The molecule has 4 nitrogen and oxygen atoms in total. The number of hydrogen-bond acceptors (Lipinski definition) is 4. The highest BCUT2D eigenvalue weighted by Gasteiger charge is 2.16. The molecular formula is C14H17N3OS. The Bertz CT molecular complexity index is 551. The molecule has 0 aliphatic rings. The highest BCUT2D eigenvalue weighted by molar-refractivity contribution is 7.17. The molecule has 0 fully saturated rings. The van der Waals surface area contributed by atoms with Crippen molar-refractivity contribution >= 4 is 17.2 Å². The minimum absolute atomic E-state index is 0.0365. The molecule has 0 aliphatic carbocycles. The molecular weight excluding hydrogens is 258 g/mol. The summed E-state index contributed by atoms with van der Waals surface area (Å²) in [6, 6.07) is 5.68. The molecule has 0 aromatic carbocycles. The second-order valence-corrected chi connectivity index (χ2v) is 5.26. The van der Waals surface area contributed by atoms with Crippen LogP contribution in [0.1, 0.15) is 35.1 Å². The van der Waals surface area contributed by atoms with Crippen LogP contribution in [0, 0.1) is 6.92 Å². The number of thiazole rings is 1. The highest BCUT2D eigenvalue weighted by atomic mass is 32.1. The SMILES string of the molecule is CCCCNC(=O)c1sc(-c2ccccn2)nc1C. The van der Waals surface area contributed by atoms with Gasteiger partial charge in [-0.3, -0.25) is 9.78 Å². The molecule has 5 heteroatoms. The van der Waals surface area contributed by atoms with E-state index in [2.05, 4.69) is 22.2 Å². The second-order valence-electron chi connectivity index (χ2n) is 4.26. The van der Waals surface area contributed by atoms with Crippen LogP contribution >= 0.6 is 11.3 Å². The fourth-order valence-corrected chi connectivity index (χ4v) is 2.62. The van der Waals surface area contributed by atoms with Crippen molar-refractivity contribution in [3.63, 3.8) is 0 Å². The van der Waals surface area contributed by atoms with Crippen molar-refractivity contribution in [2.75, 3.05) is 6.54 Å². The first-order chi connectivity index (χ1) is 9.22. The van der Waals surface area contributed by atoms with Crippen molar-refractivity contribution in [1.82, 2.24) is 15.3 Å². The normalized spacial score (nSPS) is 10.4. The van der Waals surface area contributed by atoms with Gasteiger partial charge in [0.1, 0.15) is 9.88 Å². The van der Waals surface area contributed by atoms with Gasteiger partial charge >= 0.3 is 0 Å². The molecule has 1 N–H and O–H groups in total. The van der Waals surface area contributed by atoms with Crippen molar-refractivity contribution < 1.29 is 4.79 Å². The molecule has 100 valence electrons. The Morgan fingerprint density at radius 1 is 1.42 bits per heavy atom. The molecule has 2 aromatic heterocycles. The number of aromatic nitrogens is 2. The van der Waals surface area contributed by atoms with Crippen molar-refractivity contribution in [2.24, 2.45) is 0 Å². The number of carbonyl (C=O) groups is 1. The topological polar surface area (TPSA) is 54.9 Å². The molecule has 0 saturated carbocycles. The number of rotatable bonds is 5. The monoisotopic (exact) mass is 275 g/mol. The molecule has 0 aliphatic heterocycles. The summed E-state index contributed by atoms with van der Waals surface area (Å²) in [6.07, 6.45) is 3.80. The molecule has 2 heterocycles. The van der Waals surface area contributed by atoms with E-state index in [4.69, 9.17) is 0 Å². The third kappa shape index (κ3) is 3.38. The van der Waals surface area contributed by atoms with Crippen LogP contribution in [0.4, 0.5) is 0 Å². The number of aryl methyl sites for hydroxylation is 1. The second kappa shape index (κ2) is 6.43. The Morgan fingerprint density at radius 3 is 2.95 bits per heavy atom. The van der Waals surface area contributed by atoms with Gasteiger partial charge in [0.05, 0.1) is 11.4 Å². The zero-order valence-electron chi connectivity index (χ0n) is 11.1. The average molecular weight is 275 g/mol. The third-order valence-electron chi connectivity index (χ3n) is 2.70. The molecule has 1 amide bonds. The third-order valence-corrected chi connectivity index (χ3v) is 3.88. The van der Waals surface area contributed by atoms with E-state index in [1.165, 1.54) is 11.3 Å². The number of carbonyl (C=O) groups excluding carboxylic acids is 1. The number of hydrogen-bond donors (Lipinski definition) is 1. The molecule has 19 heavy (non-hydrogen) atoms. The fraction of sp³-hybridized carbons (Fsp3) is 0.357. The van der Waals surface area contributed by atoms with Crippen molar-refractivity contribution in [1.29, 1.82) is 0 Å². The van der Waals surface area contributed by atoms with E-state index in [-0.39, 0.29) is 5.91 Å². The van der Waals surface area contributed by atoms with E-state index in [9.17, 15) is 4.79 Å². The van der Waals surface area contributed by atoms with Gasteiger partial charge in [-0.2, -0.15) is 0 Å². The van der Waals surface area contributed by atoms with Gasteiger partial charge in [0.2, 0.25) is 0 Å². The maximum atomic E-state index is 12.0. The lowest BCUT2D eigenvalue weighted by molar-refractivity contribution is 0.0956. The zero-order valence-corrected chi connectivity index (χ0v) is 12.0. The minimum Gasteiger partial charge on any atom is -0.351 e. The van der Waals surface area contributed by atoms with Crippen molar-refractivity contribution in [2.45, 2.75) is 26.7 Å². The lowest BCUT2D eigenvalue weighted by atomic mass is 10.3. The van der Waals surface area contributed by atoms with Crippen LogP contribution in [0.5, 0.6) is 0 Å². The first-order valence-electron chi connectivity index (χ1n) is 6.39. The summed E-state index contributed by atoms with van der Waals surface area (Å²) >= 11 is 1.39. The molecule has 0 spiro atoms. The first kappa shape index (κ1) is 13.7. The summed E-state index contributed by atoms with van der Waals surface area (Å²) in [4.78, 5) is 21.4. The van der Waals surface area contributed by atoms with Crippen LogP contribution in [0.2, 0.25) is 0 Å². The minimum atomic E-state index is -0.0365. The van der Waals surface area contributed by atoms with Gasteiger partial charge < -0.3 is 5.32 Å². The Morgan fingerprint density at radius 2 is 2.26 bits per heavy atom. The van der Waals surface area contributed by atoms with E-state index in [0.29, 0.717) is 11.4 Å². The predicted octanol–water partition coefficient (Wildman–Crippen LogP) is 3.04. The van der Waals surface area contributed by atoms with Crippen LogP contribution < -0.4 is 5.32 Å². The molecule has 0 atom stereocenters. The summed E-state index contributed by atoms with van der Waals surface area (Å²) in [5.74, 6) is -0.0365. The lowest BCUT2D eigenvalue weighted by Crippen LogP contribution is -2.24. The zero-order chi connectivity index (χ0) is 13.7. The number of amides is 1. The van der Waals surface area contributed by atoms with E-state index >= 15 is 0 Å². The van der Waals surface area contributed by atoms with E-state index < -0.39 is 0 Å². The van der Waals surface area contributed by atoms with Gasteiger partial charge in [-0.05, 0) is 25.5 Å². The van der Waals surface area contributed by atoms with Gasteiger partial charge in [0.25, 0.3) is 5.91 Å². The quantitative estimate of drug-likeness (QED) is 0.853. The Kier molecular flexibility index (Phi) is 4.63. The van der Waals surface area contributed by atoms with Crippen molar-refractivity contribution in [3.8, 4) is 10.7 Å². The molecule has 0 saturated heterocycles. The smallest absolute Gasteiger partial charge is 0.263 e. The molecule has 2 aromatic rings. The van der Waals surface area contributed by atoms with Crippen LogP contribution in [0.3, 0.4) is 0 Å². The number of nitrogens with one attached hydrogen (secondary N) is 1.